The number of nitrogens with zero attached hydrogens (tertiary/aromatic N) is 3. The lowest BCUT2D eigenvalue weighted by molar-refractivity contribution is 0.0747. The van der Waals surface area contributed by atoms with E-state index in [0.29, 0.717) is 47.5 Å². The molecule has 7 nitrogen and oxygen atoms in total. The minimum atomic E-state index is -3.42. The predicted octanol–water partition coefficient (Wildman–Crippen LogP) is 4.75. The Balaban J connectivity index is 1.57. The number of carbonyl (C=O) groups is 1. The Hall–Kier alpha value is -2.16. The minimum Gasteiger partial charge on any atom is -0.494 e. The molecule has 2 heterocycles. The van der Waals surface area contributed by atoms with Crippen LogP contribution in [0.2, 0.25) is 10.0 Å². The quantitative estimate of drug-likeness (QED) is 0.527. The van der Waals surface area contributed by atoms with Crippen molar-refractivity contribution in [3.8, 4) is 5.75 Å². The lowest BCUT2D eigenvalue weighted by atomic mass is 10.1. The number of hydrogen-bond acceptors (Lipinski definition) is 6. The monoisotopic (exact) mass is 539 g/mol. The van der Waals surface area contributed by atoms with Gasteiger partial charge in [0.1, 0.15) is 0 Å². The van der Waals surface area contributed by atoms with Gasteiger partial charge in [0.15, 0.2) is 15.6 Å². The van der Waals surface area contributed by atoms with Crippen LogP contribution in [-0.4, -0.2) is 71.4 Å². The summed E-state index contributed by atoms with van der Waals surface area (Å²) in [5.74, 6) is 0.303. The Bertz CT molecular complexity index is 1170. The SMILES string of the molecule is CCS(=O)(=O)c1ccc(N2CCCCC2)c(C(=O)N2CCN(c3cc(Cl)c(OC)c(Cl)c3)CC2)c1. The van der Waals surface area contributed by atoms with Gasteiger partial charge in [-0.05, 0) is 49.6 Å². The number of piperidine rings is 1. The van der Waals surface area contributed by atoms with E-state index in [1.165, 1.54) is 13.5 Å². The first-order valence-corrected chi connectivity index (χ1v) is 14.3. The highest BCUT2D eigenvalue weighted by atomic mass is 35.5. The molecule has 0 bridgehead atoms. The van der Waals surface area contributed by atoms with Crippen LogP contribution in [0.1, 0.15) is 36.5 Å². The smallest absolute Gasteiger partial charge is 0.256 e. The van der Waals surface area contributed by atoms with Crippen LogP contribution in [0.5, 0.6) is 5.75 Å². The van der Waals surface area contributed by atoms with Gasteiger partial charge in [-0.3, -0.25) is 4.79 Å². The lowest BCUT2D eigenvalue weighted by Crippen LogP contribution is -2.49. The second kappa shape index (κ2) is 10.8. The second-order valence-electron chi connectivity index (χ2n) is 8.85. The largest absolute Gasteiger partial charge is 0.494 e. The first-order valence-electron chi connectivity index (χ1n) is 11.9. The molecule has 0 N–H and O–H groups in total. The first kappa shape index (κ1) is 25.9. The molecule has 2 aliphatic rings. The molecule has 0 aromatic heterocycles. The molecule has 2 aromatic rings. The van der Waals surface area contributed by atoms with Crippen LogP contribution in [0.15, 0.2) is 35.2 Å². The van der Waals surface area contributed by atoms with Gasteiger partial charge < -0.3 is 19.4 Å². The van der Waals surface area contributed by atoms with E-state index in [2.05, 4.69) is 9.80 Å². The molecule has 0 aliphatic carbocycles. The van der Waals surface area contributed by atoms with Crippen LogP contribution >= 0.6 is 23.2 Å². The number of anilines is 2. The normalized spacial score (nSPS) is 17.0. The summed E-state index contributed by atoms with van der Waals surface area (Å²) >= 11 is 12.6. The molecule has 190 valence electrons. The van der Waals surface area contributed by atoms with Crippen molar-refractivity contribution in [1.82, 2.24) is 4.90 Å². The van der Waals surface area contributed by atoms with Crippen LogP contribution in [0.25, 0.3) is 0 Å². The highest BCUT2D eigenvalue weighted by Gasteiger charge is 2.28. The molecule has 1 amide bonds. The number of hydrogen-bond donors (Lipinski definition) is 0. The van der Waals surface area contributed by atoms with Crippen molar-refractivity contribution in [2.75, 3.05) is 61.9 Å². The third kappa shape index (κ3) is 5.49. The fourth-order valence-electron chi connectivity index (χ4n) is 4.72. The maximum absolute atomic E-state index is 13.7. The molecule has 0 saturated carbocycles. The Labute approximate surface area is 217 Å². The van der Waals surface area contributed by atoms with Crippen LogP contribution in [0.3, 0.4) is 0 Å². The zero-order chi connectivity index (χ0) is 25.2. The molecule has 2 aromatic carbocycles. The van der Waals surface area contributed by atoms with E-state index in [4.69, 9.17) is 27.9 Å². The lowest BCUT2D eigenvalue weighted by Gasteiger charge is -2.37. The van der Waals surface area contributed by atoms with E-state index in [1.54, 1.807) is 30.0 Å². The molecular formula is C25H31Cl2N3O4S. The van der Waals surface area contributed by atoms with Gasteiger partial charge in [0, 0.05) is 50.6 Å². The minimum absolute atomic E-state index is 0.00462. The molecule has 4 rings (SSSR count). The highest BCUT2D eigenvalue weighted by molar-refractivity contribution is 7.91. The predicted molar refractivity (Wildman–Crippen MR) is 141 cm³/mol. The van der Waals surface area contributed by atoms with Crippen molar-refractivity contribution in [3.63, 3.8) is 0 Å². The third-order valence-corrected chi connectivity index (χ3v) is 9.05. The molecule has 35 heavy (non-hydrogen) atoms. The number of benzene rings is 2. The highest BCUT2D eigenvalue weighted by Crippen LogP contribution is 2.37. The average molecular weight is 541 g/mol. The second-order valence-corrected chi connectivity index (χ2v) is 11.9. The van der Waals surface area contributed by atoms with E-state index in [-0.39, 0.29) is 16.6 Å². The zero-order valence-electron chi connectivity index (χ0n) is 20.1. The van der Waals surface area contributed by atoms with Crippen LogP contribution in [0.4, 0.5) is 11.4 Å². The Morgan fingerprint density at radius 2 is 1.54 bits per heavy atom. The standard InChI is InChI=1S/C25H31Cl2N3O4S/c1-3-35(32,33)19-7-8-23(29-9-5-4-6-10-29)20(17-19)25(31)30-13-11-28(12-14-30)18-15-21(26)24(34-2)22(27)16-18/h7-8,15-17H,3-6,9-14H2,1-2H3. The number of methoxy groups -OCH3 is 1. The van der Waals surface area contributed by atoms with E-state index in [0.717, 1.165) is 37.3 Å². The Morgan fingerprint density at radius 1 is 0.914 bits per heavy atom. The number of ether oxygens (including phenoxy) is 1. The molecule has 10 heteroatoms. The summed E-state index contributed by atoms with van der Waals surface area (Å²) in [4.78, 5) is 20.0. The van der Waals surface area contributed by atoms with E-state index >= 15 is 0 Å². The third-order valence-electron chi connectivity index (χ3n) is 6.75. The summed E-state index contributed by atoms with van der Waals surface area (Å²) in [6.07, 6.45) is 3.30. The van der Waals surface area contributed by atoms with Crippen LogP contribution < -0.4 is 14.5 Å². The van der Waals surface area contributed by atoms with Crippen LogP contribution in [-0.2, 0) is 9.84 Å². The number of halogens is 2. The topological polar surface area (TPSA) is 70.2 Å². The van der Waals surface area contributed by atoms with Gasteiger partial charge in [-0.25, -0.2) is 8.42 Å². The molecule has 2 aliphatic heterocycles. The fourth-order valence-corrected chi connectivity index (χ4v) is 6.26. The van der Waals surface area contributed by atoms with E-state index in [9.17, 15) is 13.2 Å². The first-order chi connectivity index (χ1) is 16.7. The zero-order valence-corrected chi connectivity index (χ0v) is 22.4. The summed E-state index contributed by atoms with van der Waals surface area (Å²) in [5, 5.41) is 0.877. The van der Waals surface area contributed by atoms with Crippen molar-refractivity contribution in [3.05, 3.63) is 45.9 Å². The van der Waals surface area contributed by atoms with Gasteiger partial charge in [0.2, 0.25) is 0 Å². The Kier molecular flexibility index (Phi) is 8.03. The van der Waals surface area contributed by atoms with Gasteiger partial charge in [-0.1, -0.05) is 30.1 Å². The maximum Gasteiger partial charge on any atom is 0.256 e. The van der Waals surface area contributed by atoms with Crippen LogP contribution in [0, 0.1) is 0 Å². The summed E-state index contributed by atoms with van der Waals surface area (Å²) in [7, 11) is -1.90. The summed E-state index contributed by atoms with van der Waals surface area (Å²) in [6, 6.07) is 8.64. The van der Waals surface area contributed by atoms with Crippen molar-refractivity contribution in [2.24, 2.45) is 0 Å². The number of carbonyl (C=O) groups excluding carboxylic acids is 1. The average Bonchev–Trinajstić information content (AvgIpc) is 2.88. The van der Waals surface area contributed by atoms with Crippen molar-refractivity contribution >= 4 is 50.3 Å². The number of amides is 1. The summed E-state index contributed by atoms with van der Waals surface area (Å²) in [5.41, 5.74) is 2.16. The molecule has 0 spiro atoms. The maximum atomic E-state index is 13.7. The molecule has 2 saturated heterocycles. The van der Waals surface area contributed by atoms with Gasteiger partial charge in [0.05, 0.1) is 33.4 Å². The molecule has 2 fully saturated rings. The van der Waals surface area contributed by atoms with Crippen molar-refractivity contribution < 1.29 is 17.9 Å². The molecule has 0 radical (unpaired) electrons. The number of rotatable bonds is 6. The van der Waals surface area contributed by atoms with Gasteiger partial charge in [0.25, 0.3) is 5.91 Å². The molecule has 0 unspecified atom stereocenters. The number of piperazine rings is 1. The molecular weight excluding hydrogens is 509 g/mol. The van der Waals surface area contributed by atoms with Gasteiger partial charge >= 0.3 is 0 Å². The summed E-state index contributed by atoms with van der Waals surface area (Å²) in [6.45, 7) is 5.58. The Morgan fingerprint density at radius 3 is 2.11 bits per heavy atom. The summed E-state index contributed by atoms with van der Waals surface area (Å²) < 4.78 is 30.4. The van der Waals surface area contributed by atoms with Gasteiger partial charge in [-0.2, -0.15) is 0 Å². The van der Waals surface area contributed by atoms with E-state index in [1.807, 2.05) is 12.1 Å². The van der Waals surface area contributed by atoms with E-state index < -0.39 is 9.84 Å². The molecule has 0 atom stereocenters. The number of sulfone groups is 1. The van der Waals surface area contributed by atoms with Crippen molar-refractivity contribution in [1.29, 1.82) is 0 Å². The van der Waals surface area contributed by atoms with Crippen molar-refractivity contribution in [2.45, 2.75) is 31.1 Å². The fraction of sp³-hybridized carbons (Fsp3) is 0.480. The van der Waals surface area contributed by atoms with Gasteiger partial charge in [-0.15, -0.1) is 0 Å².